The molecule has 0 amide bonds. The fourth-order valence-corrected chi connectivity index (χ4v) is 1.41. The number of aromatic nitrogens is 2. The predicted molar refractivity (Wildman–Crippen MR) is 57.8 cm³/mol. The van der Waals surface area contributed by atoms with Crippen LogP contribution in [0.4, 0.5) is 0 Å². The Bertz CT molecular complexity index is 315. The molecule has 0 aliphatic carbocycles. The fourth-order valence-electron chi connectivity index (χ4n) is 1.41. The van der Waals surface area contributed by atoms with Crippen LogP contribution in [0.1, 0.15) is 19.7 Å². The Balaban J connectivity index is 2.55. The van der Waals surface area contributed by atoms with Gasteiger partial charge in [0.1, 0.15) is 5.82 Å². The molecule has 0 saturated carbocycles. The maximum Gasteiger partial charge on any atom is 0.142 e. The van der Waals surface area contributed by atoms with E-state index in [4.69, 9.17) is 5.26 Å². The lowest BCUT2D eigenvalue weighted by Crippen LogP contribution is -2.28. The summed E-state index contributed by atoms with van der Waals surface area (Å²) >= 11 is 0. The summed E-state index contributed by atoms with van der Waals surface area (Å²) in [5.41, 5.74) is 0. The van der Waals surface area contributed by atoms with Gasteiger partial charge < -0.3 is 0 Å². The van der Waals surface area contributed by atoms with Crippen molar-refractivity contribution < 1.29 is 0 Å². The van der Waals surface area contributed by atoms with Crippen molar-refractivity contribution in [2.45, 2.75) is 20.4 Å². The summed E-state index contributed by atoms with van der Waals surface area (Å²) < 4.78 is 0. The lowest BCUT2D eigenvalue weighted by Gasteiger charge is -2.19. The Kier molecular flexibility index (Phi) is 4.72. The summed E-state index contributed by atoms with van der Waals surface area (Å²) in [6.07, 6.45) is 3.45. The SMILES string of the molecule is CC(C)CN(CC#N)Cc1ncccn1. The minimum Gasteiger partial charge on any atom is -0.283 e. The Morgan fingerprint density at radius 3 is 2.60 bits per heavy atom. The molecule has 0 aliphatic rings. The first-order valence-corrected chi connectivity index (χ1v) is 5.07. The second-order valence-electron chi connectivity index (χ2n) is 3.89. The number of nitriles is 1. The van der Waals surface area contributed by atoms with E-state index in [-0.39, 0.29) is 0 Å². The van der Waals surface area contributed by atoms with Crippen molar-refractivity contribution in [1.82, 2.24) is 14.9 Å². The van der Waals surface area contributed by atoms with E-state index >= 15 is 0 Å². The summed E-state index contributed by atoms with van der Waals surface area (Å²) in [6.45, 7) is 6.24. The van der Waals surface area contributed by atoms with Gasteiger partial charge in [0.2, 0.25) is 0 Å². The molecule has 0 radical (unpaired) electrons. The molecule has 0 unspecified atom stereocenters. The lowest BCUT2D eigenvalue weighted by atomic mass is 10.2. The van der Waals surface area contributed by atoms with Gasteiger partial charge in [-0.2, -0.15) is 5.26 Å². The third-order valence-electron chi connectivity index (χ3n) is 1.90. The van der Waals surface area contributed by atoms with Crippen LogP contribution in [0, 0.1) is 17.2 Å². The first-order valence-electron chi connectivity index (χ1n) is 5.07. The van der Waals surface area contributed by atoms with Gasteiger partial charge in [0.05, 0.1) is 19.2 Å². The van der Waals surface area contributed by atoms with Crippen molar-refractivity contribution >= 4 is 0 Å². The second-order valence-corrected chi connectivity index (χ2v) is 3.89. The molecular weight excluding hydrogens is 188 g/mol. The average Bonchev–Trinajstić information content (AvgIpc) is 2.18. The van der Waals surface area contributed by atoms with E-state index < -0.39 is 0 Å². The van der Waals surface area contributed by atoms with E-state index in [0.29, 0.717) is 19.0 Å². The Morgan fingerprint density at radius 1 is 1.40 bits per heavy atom. The van der Waals surface area contributed by atoms with Crippen molar-refractivity contribution in [1.29, 1.82) is 5.26 Å². The highest BCUT2D eigenvalue weighted by Gasteiger charge is 2.08. The van der Waals surface area contributed by atoms with Gasteiger partial charge in [0.15, 0.2) is 0 Å². The van der Waals surface area contributed by atoms with Crippen LogP contribution in [0.25, 0.3) is 0 Å². The van der Waals surface area contributed by atoms with Gasteiger partial charge in [-0.05, 0) is 12.0 Å². The van der Waals surface area contributed by atoms with Gasteiger partial charge in [0.25, 0.3) is 0 Å². The summed E-state index contributed by atoms with van der Waals surface area (Å²) in [5, 5.41) is 8.70. The number of hydrogen-bond acceptors (Lipinski definition) is 4. The average molecular weight is 204 g/mol. The van der Waals surface area contributed by atoms with Crippen LogP contribution in [0.5, 0.6) is 0 Å². The van der Waals surface area contributed by atoms with Crippen molar-refractivity contribution in [3.8, 4) is 6.07 Å². The topological polar surface area (TPSA) is 52.8 Å². The molecule has 0 aliphatic heterocycles. The molecular formula is C11H16N4. The normalized spacial score (nSPS) is 10.6. The van der Waals surface area contributed by atoms with E-state index in [1.54, 1.807) is 18.5 Å². The molecule has 1 rings (SSSR count). The van der Waals surface area contributed by atoms with E-state index in [1.165, 1.54) is 0 Å². The largest absolute Gasteiger partial charge is 0.283 e. The maximum atomic E-state index is 8.70. The minimum absolute atomic E-state index is 0.427. The molecule has 0 fully saturated rings. The quantitative estimate of drug-likeness (QED) is 0.681. The number of hydrogen-bond donors (Lipinski definition) is 0. The van der Waals surface area contributed by atoms with E-state index in [9.17, 15) is 0 Å². The van der Waals surface area contributed by atoms with Gasteiger partial charge in [0, 0.05) is 18.9 Å². The van der Waals surface area contributed by atoms with Crippen molar-refractivity contribution in [3.63, 3.8) is 0 Å². The smallest absolute Gasteiger partial charge is 0.142 e. The molecule has 80 valence electrons. The summed E-state index contributed by atoms with van der Waals surface area (Å²) in [4.78, 5) is 10.3. The zero-order valence-electron chi connectivity index (χ0n) is 9.22. The van der Waals surface area contributed by atoms with Crippen LogP contribution in [0.15, 0.2) is 18.5 Å². The van der Waals surface area contributed by atoms with Gasteiger partial charge in [-0.1, -0.05) is 13.8 Å². The second kappa shape index (κ2) is 6.10. The Hall–Kier alpha value is -1.47. The lowest BCUT2D eigenvalue weighted by molar-refractivity contribution is 0.257. The van der Waals surface area contributed by atoms with Crippen LogP contribution < -0.4 is 0 Å². The van der Waals surface area contributed by atoms with Gasteiger partial charge in [-0.25, -0.2) is 9.97 Å². The molecule has 1 aromatic heterocycles. The highest BCUT2D eigenvalue weighted by atomic mass is 15.1. The molecule has 0 bridgehead atoms. The highest BCUT2D eigenvalue weighted by molar-refractivity contribution is 4.90. The summed E-state index contributed by atoms with van der Waals surface area (Å²) in [6, 6.07) is 3.96. The Morgan fingerprint density at radius 2 is 2.07 bits per heavy atom. The van der Waals surface area contributed by atoms with Gasteiger partial charge in [-0.3, -0.25) is 4.90 Å². The van der Waals surface area contributed by atoms with E-state index in [0.717, 1.165) is 12.4 Å². The predicted octanol–water partition coefficient (Wildman–Crippen LogP) is 1.46. The molecule has 4 nitrogen and oxygen atoms in total. The third-order valence-corrected chi connectivity index (χ3v) is 1.90. The van der Waals surface area contributed by atoms with E-state index in [1.807, 2.05) is 0 Å². The summed E-state index contributed by atoms with van der Waals surface area (Å²) in [7, 11) is 0. The third kappa shape index (κ3) is 4.52. The van der Waals surface area contributed by atoms with E-state index in [2.05, 4.69) is 34.8 Å². The molecule has 0 atom stereocenters. The molecule has 1 heterocycles. The molecule has 1 aromatic rings. The molecule has 4 heteroatoms. The number of nitrogens with zero attached hydrogens (tertiary/aromatic N) is 4. The van der Waals surface area contributed by atoms with Crippen molar-refractivity contribution in [3.05, 3.63) is 24.3 Å². The van der Waals surface area contributed by atoms with Crippen molar-refractivity contribution in [2.24, 2.45) is 5.92 Å². The van der Waals surface area contributed by atoms with Crippen LogP contribution in [-0.2, 0) is 6.54 Å². The Labute approximate surface area is 90.6 Å². The fraction of sp³-hybridized carbons (Fsp3) is 0.545. The summed E-state index contributed by atoms with van der Waals surface area (Å²) in [5.74, 6) is 1.32. The highest BCUT2D eigenvalue weighted by Crippen LogP contribution is 2.02. The van der Waals surface area contributed by atoms with Gasteiger partial charge >= 0.3 is 0 Å². The first kappa shape index (κ1) is 11.6. The molecule has 0 spiro atoms. The van der Waals surface area contributed by atoms with Crippen LogP contribution in [-0.4, -0.2) is 28.0 Å². The molecule has 0 aromatic carbocycles. The van der Waals surface area contributed by atoms with Gasteiger partial charge in [-0.15, -0.1) is 0 Å². The zero-order valence-corrected chi connectivity index (χ0v) is 9.22. The van der Waals surface area contributed by atoms with Crippen LogP contribution in [0.2, 0.25) is 0 Å². The number of rotatable bonds is 5. The van der Waals surface area contributed by atoms with Crippen molar-refractivity contribution in [2.75, 3.05) is 13.1 Å². The first-order chi connectivity index (χ1) is 7.22. The van der Waals surface area contributed by atoms with Crippen LogP contribution >= 0.6 is 0 Å². The molecule has 0 N–H and O–H groups in total. The zero-order chi connectivity index (χ0) is 11.1. The molecule has 0 saturated heterocycles. The molecule has 15 heavy (non-hydrogen) atoms. The maximum absolute atomic E-state index is 8.70. The van der Waals surface area contributed by atoms with Crippen LogP contribution in [0.3, 0.4) is 0 Å². The monoisotopic (exact) mass is 204 g/mol. The minimum atomic E-state index is 0.427. The standard InChI is InChI=1S/C11H16N4/c1-10(2)8-15(7-4-12)9-11-13-5-3-6-14-11/h3,5-6,10H,7-9H2,1-2H3.